The molecule has 0 radical (unpaired) electrons. The van der Waals surface area contributed by atoms with Gasteiger partial charge in [-0.2, -0.15) is 0 Å². The van der Waals surface area contributed by atoms with Crippen LogP contribution < -0.4 is 5.32 Å². The Kier molecular flexibility index (Phi) is 6.37. The molecule has 2 heteroatoms. The molecule has 1 rings (SSSR count). The molecular weight excluding hydrogens is 222 g/mol. The van der Waals surface area contributed by atoms with Gasteiger partial charge in [-0.25, -0.2) is 0 Å². The summed E-state index contributed by atoms with van der Waals surface area (Å²) in [5, 5.41) is 3.52. The number of ether oxygens (including phenoxy) is 1. The van der Waals surface area contributed by atoms with Crippen LogP contribution in [0.4, 0.5) is 0 Å². The Labute approximate surface area is 112 Å². The predicted octanol–water partition coefficient (Wildman–Crippen LogP) is 3.23. The van der Waals surface area contributed by atoms with Gasteiger partial charge >= 0.3 is 0 Å². The van der Waals surface area contributed by atoms with Crippen molar-refractivity contribution in [2.24, 2.45) is 5.92 Å². The van der Waals surface area contributed by atoms with Crippen LogP contribution in [0, 0.1) is 5.92 Å². The molecule has 0 aliphatic heterocycles. The van der Waals surface area contributed by atoms with Crippen molar-refractivity contribution >= 4 is 0 Å². The van der Waals surface area contributed by atoms with Crippen molar-refractivity contribution in [2.75, 3.05) is 26.8 Å². The lowest BCUT2D eigenvalue weighted by molar-refractivity contribution is 0.109. The molecule has 18 heavy (non-hydrogen) atoms. The fourth-order valence-corrected chi connectivity index (χ4v) is 2.77. The van der Waals surface area contributed by atoms with Crippen LogP contribution in [0.1, 0.15) is 32.8 Å². The Morgan fingerprint density at radius 2 is 1.89 bits per heavy atom. The Morgan fingerprint density at radius 3 is 2.39 bits per heavy atom. The van der Waals surface area contributed by atoms with Crippen molar-refractivity contribution in [3.05, 3.63) is 35.9 Å². The van der Waals surface area contributed by atoms with Crippen LogP contribution in [0.25, 0.3) is 0 Å². The molecule has 102 valence electrons. The highest BCUT2D eigenvalue weighted by Crippen LogP contribution is 2.35. The lowest BCUT2D eigenvalue weighted by Gasteiger charge is -2.39. The van der Waals surface area contributed by atoms with E-state index in [2.05, 4.69) is 56.4 Å². The fraction of sp³-hybridized carbons (Fsp3) is 0.625. The minimum Gasteiger partial charge on any atom is -0.384 e. The summed E-state index contributed by atoms with van der Waals surface area (Å²) in [6.45, 7) is 9.54. The largest absolute Gasteiger partial charge is 0.384 e. The van der Waals surface area contributed by atoms with Crippen LogP contribution >= 0.6 is 0 Å². The Morgan fingerprint density at radius 1 is 1.22 bits per heavy atom. The SMILES string of the molecule is CCNCC(CC)(c1ccccc1)C(C)COC. The first kappa shape index (κ1) is 15.2. The van der Waals surface area contributed by atoms with Crippen molar-refractivity contribution in [2.45, 2.75) is 32.6 Å². The smallest absolute Gasteiger partial charge is 0.0496 e. The summed E-state index contributed by atoms with van der Waals surface area (Å²) in [6.07, 6.45) is 1.12. The van der Waals surface area contributed by atoms with E-state index in [1.165, 1.54) is 5.56 Å². The number of hydrogen-bond acceptors (Lipinski definition) is 2. The molecule has 0 aromatic heterocycles. The number of hydrogen-bond donors (Lipinski definition) is 1. The normalized spacial score (nSPS) is 16.2. The van der Waals surface area contributed by atoms with Crippen LogP contribution in [0.5, 0.6) is 0 Å². The summed E-state index contributed by atoms with van der Waals surface area (Å²) < 4.78 is 5.39. The maximum atomic E-state index is 5.39. The topological polar surface area (TPSA) is 21.3 Å². The summed E-state index contributed by atoms with van der Waals surface area (Å²) in [5.41, 5.74) is 1.57. The average molecular weight is 249 g/mol. The minimum atomic E-state index is 0.160. The third kappa shape index (κ3) is 3.33. The highest BCUT2D eigenvalue weighted by molar-refractivity contribution is 5.27. The monoisotopic (exact) mass is 249 g/mol. The molecule has 2 atom stereocenters. The number of methoxy groups -OCH3 is 1. The van der Waals surface area contributed by atoms with E-state index in [1.54, 1.807) is 7.11 Å². The molecular formula is C16H27NO. The molecule has 0 saturated carbocycles. The lowest BCUT2D eigenvalue weighted by atomic mass is 9.69. The maximum Gasteiger partial charge on any atom is 0.0496 e. The fourth-order valence-electron chi connectivity index (χ4n) is 2.77. The van der Waals surface area contributed by atoms with Crippen molar-refractivity contribution < 1.29 is 4.74 Å². The van der Waals surface area contributed by atoms with Crippen LogP contribution in [0.15, 0.2) is 30.3 Å². The minimum absolute atomic E-state index is 0.160. The van der Waals surface area contributed by atoms with Crippen molar-refractivity contribution in [1.29, 1.82) is 0 Å². The van der Waals surface area contributed by atoms with Gasteiger partial charge in [-0.05, 0) is 24.4 Å². The van der Waals surface area contributed by atoms with Gasteiger partial charge in [0.25, 0.3) is 0 Å². The third-order valence-corrected chi connectivity index (χ3v) is 4.03. The van der Waals surface area contributed by atoms with Crippen LogP contribution in [0.3, 0.4) is 0 Å². The van der Waals surface area contributed by atoms with E-state index in [0.717, 1.165) is 26.1 Å². The maximum absolute atomic E-state index is 5.39. The molecule has 0 saturated heterocycles. The number of benzene rings is 1. The highest BCUT2D eigenvalue weighted by atomic mass is 16.5. The van der Waals surface area contributed by atoms with Gasteiger partial charge in [0.2, 0.25) is 0 Å². The molecule has 2 unspecified atom stereocenters. The molecule has 0 bridgehead atoms. The summed E-state index contributed by atoms with van der Waals surface area (Å²) in [7, 11) is 1.79. The molecule has 0 amide bonds. The molecule has 0 aliphatic carbocycles. The van der Waals surface area contributed by atoms with Gasteiger partial charge in [0.05, 0.1) is 0 Å². The lowest BCUT2D eigenvalue weighted by Crippen LogP contribution is -2.44. The zero-order valence-corrected chi connectivity index (χ0v) is 12.2. The van der Waals surface area contributed by atoms with E-state index >= 15 is 0 Å². The van der Waals surface area contributed by atoms with Gasteiger partial charge in [-0.3, -0.25) is 0 Å². The first-order chi connectivity index (χ1) is 8.71. The first-order valence-corrected chi connectivity index (χ1v) is 6.96. The van der Waals surface area contributed by atoms with Crippen molar-refractivity contribution in [3.63, 3.8) is 0 Å². The van der Waals surface area contributed by atoms with Gasteiger partial charge in [0.15, 0.2) is 0 Å². The second kappa shape index (κ2) is 7.55. The van der Waals surface area contributed by atoms with Gasteiger partial charge in [-0.1, -0.05) is 51.1 Å². The second-order valence-corrected chi connectivity index (χ2v) is 5.01. The van der Waals surface area contributed by atoms with E-state index in [1.807, 2.05) is 0 Å². The first-order valence-electron chi connectivity index (χ1n) is 6.96. The van der Waals surface area contributed by atoms with Gasteiger partial charge in [0, 0.05) is 25.7 Å². The van der Waals surface area contributed by atoms with E-state index in [-0.39, 0.29) is 5.41 Å². The van der Waals surface area contributed by atoms with Gasteiger partial charge < -0.3 is 10.1 Å². The number of likely N-dealkylation sites (N-methyl/N-ethyl adjacent to an activating group) is 1. The molecule has 1 N–H and O–H groups in total. The van der Waals surface area contributed by atoms with Crippen LogP contribution in [0.2, 0.25) is 0 Å². The van der Waals surface area contributed by atoms with Crippen LogP contribution in [-0.4, -0.2) is 26.8 Å². The zero-order valence-electron chi connectivity index (χ0n) is 12.2. The molecule has 0 heterocycles. The van der Waals surface area contributed by atoms with E-state index < -0.39 is 0 Å². The quantitative estimate of drug-likeness (QED) is 0.764. The summed E-state index contributed by atoms with van der Waals surface area (Å²) in [5.74, 6) is 0.494. The summed E-state index contributed by atoms with van der Waals surface area (Å²) >= 11 is 0. The molecule has 0 spiro atoms. The van der Waals surface area contributed by atoms with E-state index in [0.29, 0.717) is 5.92 Å². The Balaban J connectivity index is 3.05. The van der Waals surface area contributed by atoms with E-state index in [9.17, 15) is 0 Å². The molecule has 0 aliphatic rings. The van der Waals surface area contributed by atoms with Gasteiger partial charge in [0.1, 0.15) is 0 Å². The summed E-state index contributed by atoms with van der Waals surface area (Å²) in [6, 6.07) is 10.8. The highest BCUT2D eigenvalue weighted by Gasteiger charge is 2.35. The molecule has 1 aromatic rings. The average Bonchev–Trinajstić information content (AvgIpc) is 2.42. The molecule has 0 fully saturated rings. The zero-order chi connectivity index (χ0) is 13.4. The Bertz CT molecular complexity index is 325. The summed E-state index contributed by atoms with van der Waals surface area (Å²) in [4.78, 5) is 0. The van der Waals surface area contributed by atoms with Crippen LogP contribution in [-0.2, 0) is 10.2 Å². The standard InChI is InChI=1S/C16H27NO/c1-5-16(13-17-6-2,14(3)12-18-4)15-10-8-7-9-11-15/h7-11,14,17H,5-6,12-13H2,1-4H3. The van der Waals surface area contributed by atoms with E-state index in [4.69, 9.17) is 4.74 Å². The number of nitrogens with one attached hydrogen (secondary N) is 1. The van der Waals surface area contributed by atoms with Crippen molar-refractivity contribution in [3.8, 4) is 0 Å². The second-order valence-electron chi connectivity index (χ2n) is 5.01. The predicted molar refractivity (Wildman–Crippen MR) is 78.0 cm³/mol. The molecule has 1 aromatic carbocycles. The Hall–Kier alpha value is -0.860. The third-order valence-electron chi connectivity index (χ3n) is 4.03. The van der Waals surface area contributed by atoms with Gasteiger partial charge in [-0.15, -0.1) is 0 Å². The molecule has 2 nitrogen and oxygen atoms in total. The van der Waals surface area contributed by atoms with Crippen molar-refractivity contribution in [1.82, 2.24) is 5.32 Å². The number of rotatable bonds is 8.